The number of aromatic nitrogens is 1. The Morgan fingerprint density at radius 3 is 2.58 bits per heavy atom. The molecule has 1 fully saturated rings. The molecule has 0 saturated heterocycles. The molecule has 1 saturated carbocycles. The van der Waals surface area contributed by atoms with Crippen LogP contribution in [0.25, 0.3) is 0 Å². The molecule has 6 nitrogen and oxygen atoms in total. The number of likely N-dealkylation sites (N-methyl/N-ethyl adjacent to an activating group) is 1. The molecule has 0 radical (unpaired) electrons. The number of halogens is 1. The molecular formula is C17H32IN5O. The van der Waals surface area contributed by atoms with E-state index in [4.69, 9.17) is 4.42 Å². The average molecular weight is 449 g/mol. The molecule has 0 unspecified atom stereocenters. The minimum absolute atomic E-state index is 0. The van der Waals surface area contributed by atoms with E-state index in [1.54, 1.807) is 7.05 Å². The van der Waals surface area contributed by atoms with Crippen molar-refractivity contribution in [2.75, 3.05) is 26.7 Å². The number of nitrogens with zero attached hydrogens (tertiary/aromatic N) is 3. The van der Waals surface area contributed by atoms with Crippen molar-refractivity contribution in [3.05, 3.63) is 17.8 Å². The Morgan fingerprint density at radius 1 is 1.38 bits per heavy atom. The summed E-state index contributed by atoms with van der Waals surface area (Å²) in [4.78, 5) is 11.1. The van der Waals surface area contributed by atoms with E-state index in [1.807, 2.05) is 6.20 Å². The van der Waals surface area contributed by atoms with Gasteiger partial charge in [-0.15, -0.1) is 24.0 Å². The Kier molecular flexibility index (Phi) is 8.49. The maximum Gasteiger partial charge on any atom is 0.213 e. The van der Waals surface area contributed by atoms with E-state index in [-0.39, 0.29) is 29.4 Å². The van der Waals surface area contributed by atoms with Gasteiger partial charge in [0.05, 0.1) is 12.7 Å². The number of aliphatic imine (C=N–C) groups is 1. The van der Waals surface area contributed by atoms with Gasteiger partial charge in [0.25, 0.3) is 0 Å². The zero-order valence-electron chi connectivity index (χ0n) is 15.6. The van der Waals surface area contributed by atoms with Crippen molar-refractivity contribution >= 4 is 29.9 Å². The molecule has 0 spiro atoms. The van der Waals surface area contributed by atoms with Crippen LogP contribution >= 0.6 is 24.0 Å². The third kappa shape index (κ3) is 6.58. The standard InChI is InChI=1S/C17H31N5O.HI/c1-6-22(13-7-8-13)10-9-19-16(18-5)21-12-15-20-11-14(23-15)17(2,3)4;/h11,13H,6-10,12H2,1-5H3,(H2,18,19,21);1H. The number of rotatable bonds is 7. The third-order valence-corrected chi connectivity index (χ3v) is 4.08. The highest BCUT2D eigenvalue weighted by Crippen LogP contribution is 2.25. The molecule has 138 valence electrons. The minimum atomic E-state index is -0.0163. The lowest BCUT2D eigenvalue weighted by molar-refractivity contribution is 0.282. The maximum atomic E-state index is 5.78. The molecule has 1 aliphatic rings. The Bertz CT molecular complexity index is 519. The summed E-state index contributed by atoms with van der Waals surface area (Å²) in [7, 11) is 1.78. The fourth-order valence-corrected chi connectivity index (χ4v) is 2.48. The largest absolute Gasteiger partial charge is 0.443 e. The fraction of sp³-hybridized carbons (Fsp3) is 0.765. The van der Waals surface area contributed by atoms with Crippen LogP contribution in [0.4, 0.5) is 0 Å². The molecule has 24 heavy (non-hydrogen) atoms. The number of nitrogens with one attached hydrogen (secondary N) is 2. The summed E-state index contributed by atoms with van der Waals surface area (Å²) < 4.78 is 5.78. The third-order valence-electron chi connectivity index (χ3n) is 4.08. The smallest absolute Gasteiger partial charge is 0.213 e. The Labute approximate surface area is 162 Å². The SMILES string of the molecule is CCN(CCNC(=NC)NCc1ncc(C(C)(C)C)o1)C1CC1.I. The molecule has 1 aliphatic carbocycles. The number of hydrogen-bond donors (Lipinski definition) is 2. The van der Waals surface area contributed by atoms with Crippen LogP contribution in [0.5, 0.6) is 0 Å². The average Bonchev–Trinajstić information content (AvgIpc) is 3.22. The van der Waals surface area contributed by atoms with Gasteiger partial charge in [-0.3, -0.25) is 9.89 Å². The van der Waals surface area contributed by atoms with E-state index in [0.29, 0.717) is 12.4 Å². The summed E-state index contributed by atoms with van der Waals surface area (Å²) in [5.74, 6) is 2.37. The molecule has 0 aliphatic heterocycles. The normalized spacial score (nSPS) is 15.3. The maximum absolute atomic E-state index is 5.78. The van der Waals surface area contributed by atoms with Crippen LogP contribution in [-0.4, -0.2) is 48.6 Å². The van der Waals surface area contributed by atoms with Crippen molar-refractivity contribution in [3.8, 4) is 0 Å². The lowest BCUT2D eigenvalue weighted by Crippen LogP contribution is -2.41. The van der Waals surface area contributed by atoms with Gasteiger partial charge < -0.3 is 15.1 Å². The number of hydrogen-bond acceptors (Lipinski definition) is 4. The van der Waals surface area contributed by atoms with E-state index in [9.17, 15) is 0 Å². The number of guanidine groups is 1. The van der Waals surface area contributed by atoms with Gasteiger partial charge in [-0.1, -0.05) is 27.7 Å². The first-order valence-electron chi connectivity index (χ1n) is 8.57. The molecule has 1 heterocycles. The summed E-state index contributed by atoms with van der Waals surface area (Å²) >= 11 is 0. The molecule has 0 aromatic carbocycles. The van der Waals surface area contributed by atoms with E-state index in [2.05, 4.69) is 53.2 Å². The zero-order valence-corrected chi connectivity index (χ0v) is 17.9. The minimum Gasteiger partial charge on any atom is -0.443 e. The van der Waals surface area contributed by atoms with Gasteiger partial charge in [-0.05, 0) is 19.4 Å². The van der Waals surface area contributed by atoms with E-state index in [1.165, 1.54) is 12.8 Å². The van der Waals surface area contributed by atoms with Crippen molar-refractivity contribution in [1.82, 2.24) is 20.5 Å². The lowest BCUT2D eigenvalue weighted by atomic mass is 9.94. The molecule has 0 amide bonds. The molecule has 0 bridgehead atoms. The van der Waals surface area contributed by atoms with Crippen LogP contribution in [0.3, 0.4) is 0 Å². The lowest BCUT2D eigenvalue weighted by Gasteiger charge is -2.20. The van der Waals surface area contributed by atoms with Crippen molar-refractivity contribution in [2.24, 2.45) is 4.99 Å². The fourth-order valence-electron chi connectivity index (χ4n) is 2.48. The summed E-state index contributed by atoms with van der Waals surface area (Å²) in [6.07, 6.45) is 4.50. The van der Waals surface area contributed by atoms with Gasteiger partial charge in [0, 0.05) is 31.6 Å². The first kappa shape index (κ1) is 21.2. The Balaban J connectivity index is 0.00000288. The summed E-state index contributed by atoms with van der Waals surface area (Å²) in [5, 5.41) is 6.60. The van der Waals surface area contributed by atoms with Crippen LogP contribution in [-0.2, 0) is 12.0 Å². The Hall–Kier alpha value is -0.830. The number of oxazole rings is 1. The highest BCUT2D eigenvalue weighted by Gasteiger charge is 2.27. The van der Waals surface area contributed by atoms with Gasteiger partial charge in [-0.2, -0.15) is 0 Å². The second kappa shape index (κ2) is 9.60. The first-order valence-corrected chi connectivity index (χ1v) is 8.57. The monoisotopic (exact) mass is 449 g/mol. The van der Waals surface area contributed by atoms with E-state index in [0.717, 1.165) is 37.4 Å². The molecule has 7 heteroatoms. The molecule has 1 aromatic rings. The molecule has 2 N–H and O–H groups in total. The van der Waals surface area contributed by atoms with Crippen molar-refractivity contribution in [1.29, 1.82) is 0 Å². The second-order valence-corrected chi connectivity index (χ2v) is 7.08. The molecule has 0 atom stereocenters. The van der Waals surface area contributed by atoms with Crippen molar-refractivity contribution in [2.45, 2.75) is 58.5 Å². The highest BCUT2D eigenvalue weighted by atomic mass is 127. The van der Waals surface area contributed by atoms with Crippen molar-refractivity contribution < 1.29 is 4.42 Å². The van der Waals surface area contributed by atoms with Crippen LogP contribution in [0, 0.1) is 0 Å². The van der Waals surface area contributed by atoms with Gasteiger partial charge >= 0.3 is 0 Å². The van der Waals surface area contributed by atoms with Gasteiger partial charge in [0.15, 0.2) is 5.96 Å². The van der Waals surface area contributed by atoms with Crippen LogP contribution in [0.2, 0.25) is 0 Å². The van der Waals surface area contributed by atoms with E-state index < -0.39 is 0 Å². The molecule has 2 rings (SSSR count). The molecule has 1 aromatic heterocycles. The first-order chi connectivity index (χ1) is 10.9. The predicted molar refractivity (Wildman–Crippen MR) is 109 cm³/mol. The topological polar surface area (TPSA) is 65.7 Å². The quantitative estimate of drug-likeness (QED) is 0.381. The second-order valence-electron chi connectivity index (χ2n) is 7.08. The predicted octanol–water partition coefficient (Wildman–Crippen LogP) is 2.74. The van der Waals surface area contributed by atoms with E-state index >= 15 is 0 Å². The summed E-state index contributed by atoms with van der Waals surface area (Å²) in [6, 6.07) is 0.805. The Morgan fingerprint density at radius 2 is 2.08 bits per heavy atom. The van der Waals surface area contributed by atoms with Gasteiger partial charge in [-0.25, -0.2) is 4.98 Å². The highest BCUT2D eigenvalue weighted by molar-refractivity contribution is 14.0. The summed E-state index contributed by atoms with van der Waals surface area (Å²) in [5.41, 5.74) is -0.0163. The summed E-state index contributed by atoms with van der Waals surface area (Å²) in [6.45, 7) is 12.2. The zero-order chi connectivity index (χ0) is 16.9. The van der Waals surface area contributed by atoms with Crippen molar-refractivity contribution in [3.63, 3.8) is 0 Å². The van der Waals surface area contributed by atoms with Crippen LogP contribution < -0.4 is 10.6 Å². The van der Waals surface area contributed by atoms with Gasteiger partial charge in [0.2, 0.25) is 5.89 Å². The van der Waals surface area contributed by atoms with Crippen LogP contribution in [0.15, 0.2) is 15.6 Å². The van der Waals surface area contributed by atoms with Gasteiger partial charge in [0.1, 0.15) is 5.76 Å². The van der Waals surface area contributed by atoms with Crippen LogP contribution in [0.1, 0.15) is 52.2 Å². The molecular weight excluding hydrogens is 417 g/mol.